The quantitative estimate of drug-likeness (QED) is 0.835. The molecule has 1 atom stereocenters. The number of piperidine rings is 1. The van der Waals surface area contributed by atoms with Crippen LogP contribution in [0.5, 0.6) is 0 Å². The maximum Gasteiger partial charge on any atom is 0.243 e. The van der Waals surface area contributed by atoms with Crippen molar-refractivity contribution in [3.63, 3.8) is 0 Å². The molecule has 0 radical (unpaired) electrons. The monoisotopic (exact) mass is 281 g/mol. The third kappa shape index (κ3) is 2.70. The first-order valence-electron chi connectivity index (χ1n) is 6.93. The van der Waals surface area contributed by atoms with Crippen molar-refractivity contribution in [3.05, 3.63) is 28.8 Å². The normalized spacial score (nSPS) is 21.6. The number of hydrogen-bond donors (Lipinski definition) is 0. The maximum atomic E-state index is 12.8. The van der Waals surface area contributed by atoms with Gasteiger partial charge in [-0.3, -0.25) is 0 Å². The molecule has 2 rings (SSSR count). The molecule has 1 aliphatic heterocycles. The van der Waals surface area contributed by atoms with E-state index in [9.17, 15) is 8.42 Å². The lowest BCUT2D eigenvalue weighted by molar-refractivity contribution is 0.268. The molecule has 1 aliphatic rings. The van der Waals surface area contributed by atoms with Crippen LogP contribution in [0.1, 0.15) is 42.9 Å². The van der Waals surface area contributed by atoms with Crippen LogP contribution in [0.3, 0.4) is 0 Å². The zero-order chi connectivity index (χ0) is 14.2. The van der Waals surface area contributed by atoms with Gasteiger partial charge in [-0.1, -0.05) is 12.5 Å². The van der Waals surface area contributed by atoms with Gasteiger partial charge in [0.2, 0.25) is 10.0 Å². The molecule has 106 valence electrons. The minimum atomic E-state index is -3.35. The molecule has 0 amide bonds. The molecule has 0 saturated carbocycles. The molecule has 0 spiro atoms. The molecule has 4 heteroatoms. The highest BCUT2D eigenvalue weighted by atomic mass is 32.2. The zero-order valence-corrected chi connectivity index (χ0v) is 13.0. The largest absolute Gasteiger partial charge is 0.243 e. The van der Waals surface area contributed by atoms with E-state index in [1.807, 2.05) is 39.8 Å². The lowest BCUT2D eigenvalue weighted by atomic mass is 10.1. The van der Waals surface area contributed by atoms with E-state index in [1.54, 1.807) is 4.31 Å². The van der Waals surface area contributed by atoms with E-state index in [2.05, 4.69) is 0 Å². The molecule has 0 bridgehead atoms. The number of hydrogen-bond acceptors (Lipinski definition) is 2. The second-order valence-electron chi connectivity index (χ2n) is 5.66. The summed E-state index contributed by atoms with van der Waals surface area (Å²) in [6.07, 6.45) is 3.05. The first-order chi connectivity index (χ1) is 8.84. The number of rotatable bonds is 2. The number of aryl methyl sites for hydroxylation is 3. The van der Waals surface area contributed by atoms with Crippen LogP contribution in [0.4, 0.5) is 0 Å². The molecule has 0 N–H and O–H groups in total. The summed E-state index contributed by atoms with van der Waals surface area (Å²) in [5, 5.41) is 0. The fraction of sp³-hybridized carbons (Fsp3) is 0.600. The predicted octanol–water partition coefficient (Wildman–Crippen LogP) is 3.17. The average molecular weight is 281 g/mol. The minimum absolute atomic E-state index is 0.111. The van der Waals surface area contributed by atoms with Crippen LogP contribution < -0.4 is 0 Å². The molecule has 3 nitrogen and oxygen atoms in total. The van der Waals surface area contributed by atoms with E-state index in [0.29, 0.717) is 11.4 Å². The van der Waals surface area contributed by atoms with Gasteiger partial charge in [-0.25, -0.2) is 8.42 Å². The Hall–Kier alpha value is -0.870. The lowest BCUT2D eigenvalue weighted by Gasteiger charge is -2.32. The summed E-state index contributed by atoms with van der Waals surface area (Å²) in [6.45, 7) is 8.52. The van der Waals surface area contributed by atoms with Gasteiger partial charge in [-0.2, -0.15) is 4.31 Å². The SMILES string of the molecule is Cc1cc(C)c(S(=O)(=O)N2CCCCC2C)cc1C. The van der Waals surface area contributed by atoms with Gasteiger partial charge in [0.1, 0.15) is 0 Å². The van der Waals surface area contributed by atoms with Crippen molar-refractivity contribution in [1.82, 2.24) is 4.31 Å². The number of benzene rings is 1. The van der Waals surface area contributed by atoms with Gasteiger partial charge >= 0.3 is 0 Å². The molecule has 0 aromatic heterocycles. The van der Waals surface area contributed by atoms with Crippen molar-refractivity contribution in [1.29, 1.82) is 0 Å². The van der Waals surface area contributed by atoms with Crippen LogP contribution in [0.25, 0.3) is 0 Å². The molecule has 1 heterocycles. The third-order valence-electron chi connectivity index (χ3n) is 4.12. The fourth-order valence-electron chi connectivity index (χ4n) is 2.77. The van der Waals surface area contributed by atoms with E-state index in [-0.39, 0.29) is 6.04 Å². The second kappa shape index (κ2) is 5.25. The summed E-state index contributed by atoms with van der Waals surface area (Å²) in [7, 11) is -3.35. The van der Waals surface area contributed by atoms with Crippen LogP contribution in [-0.2, 0) is 10.0 Å². The highest BCUT2D eigenvalue weighted by Gasteiger charge is 2.32. The Balaban J connectivity index is 2.47. The van der Waals surface area contributed by atoms with Gasteiger partial charge in [0.05, 0.1) is 4.90 Å². The Kier molecular flexibility index (Phi) is 4.02. The van der Waals surface area contributed by atoms with Crippen molar-refractivity contribution in [2.45, 2.75) is 57.9 Å². The Bertz CT molecular complexity index is 578. The maximum absolute atomic E-state index is 12.8. The van der Waals surface area contributed by atoms with Crippen LogP contribution in [0.15, 0.2) is 17.0 Å². The fourth-order valence-corrected chi connectivity index (χ4v) is 4.76. The summed E-state index contributed by atoms with van der Waals surface area (Å²) < 4.78 is 27.3. The summed E-state index contributed by atoms with van der Waals surface area (Å²) >= 11 is 0. The molecule has 1 aromatic rings. The van der Waals surface area contributed by atoms with Crippen LogP contribution in [-0.4, -0.2) is 25.3 Å². The van der Waals surface area contributed by atoms with Gasteiger partial charge in [0, 0.05) is 12.6 Å². The Morgan fingerprint density at radius 3 is 2.32 bits per heavy atom. The van der Waals surface area contributed by atoms with Gasteiger partial charge in [0.25, 0.3) is 0 Å². The van der Waals surface area contributed by atoms with Crippen LogP contribution in [0, 0.1) is 20.8 Å². The molecule has 0 aliphatic carbocycles. The van der Waals surface area contributed by atoms with E-state index >= 15 is 0 Å². The summed E-state index contributed by atoms with van der Waals surface area (Å²) in [4.78, 5) is 0.476. The molecule has 1 unspecified atom stereocenters. The van der Waals surface area contributed by atoms with Gasteiger partial charge < -0.3 is 0 Å². The van der Waals surface area contributed by atoms with Crippen LogP contribution in [0.2, 0.25) is 0 Å². The molecular formula is C15H23NO2S. The van der Waals surface area contributed by atoms with Crippen molar-refractivity contribution < 1.29 is 8.42 Å². The van der Waals surface area contributed by atoms with E-state index in [0.717, 1.165) is 36.0 Å². The van der Waals surface area contributed by atoms with E-state index < -0.39 is 10.0 Å². The Morgan fingerprint density at radius 1 is 1.05 bits per heavy atom. The molecule has 1 aromatic carbocycles. The third-order valence-corrected chi connectivity index (χ3v) is 6.28. The van der Waals surface area contributed by atoms with Gasteiger partial charge in [0.15, 0.2) is 0 Å². The molecule has 1 fully saturated rings. The summed E-state index contributed by atoms with van der Waals surface area (Å²) in [5.74, 6) is 0. The molecule has 19 heavy (non-hydrogen) atoms. The van der Waals surface area contributed by atoms with Crippen molar-refractivity contribution >= 4 is 10.0 Å². The van der Waals surface area contributed by atoms with E-state index in [4.69, 9.17) is 0 Å². The minimum Gasteiger partial charge on any atom is -0.207 e. The summed E-state index contributed by atoms with van der Waals surface area (Å²) in [5.41, 5.74) is 3.03. The van der Waals surface area contributed by atoms with Gasteiger partial charge in [-0.05, 0) is 63.3 Å². The average Bonchev–Trinajstić information content (AvgIpc) is 2.34. The predicted molar refractivity (Wildman–Crippen MR) is 77.9 cm³/mol. The zero-order valence-electron chi connectivity index (χ0n) is 12.2. The highest BCUT2D eigenvalue weighted by molar-refractivity contribution is 7.89. The second-order valence-corrected chi connectivity index (χ2v) is 7.52. The highest BCUT2D eigenvalue weighted by Crippen LogP contribution is 2.28. The standard InChI is InChI=1S/C15H23NO2S/c1-11-9-13(3)15(10-12(11)2)19(17,18)16-8-6-5-7-14(16)4/h9-10,14H,5-8H2,1-4H3. The van der Waals surface area contributed by atoms with Crippen molar-refractivity contribution in [3.8, 4) is 0 Å². The molecular weight excluding hydrogens is 258 g/mol. The summed E-state index contributed by atoms with van der Waals surface area (Å²) in [6, 6.07) is 3.90. The first kappa shape index (κ1) is 14.5. The topological polar surface area (TPSA) is 37.4 Å². The van der Waals surface area contributed by atoms with Crippen LogP contribution >= 0.6 is 0 Å². The van der Waals surface area contributed by atoms with Gasteiger partial charge in [-0.15, -0.1) is 0 Å². The van der Waals surface area contributed by atoms with Crippen molar-refractivity contribution in [2.24, 2.45) is 0 Å². The Morgan fingerprint density at radius 2 is 1.68 bits per heavy atom. The van der Waals surface area contributed by atoms with E-state index in [1.165, 1.54) is 0 Å². The number of sulfonamides is 1. The number of nitrogens with zero attached hydrogens (tertiary/aromatic N) is 1. The lowest BCUT2D eigenvalue weighted by Crippen LogP contribution is -2.42. The Labute approximate surface area is 116 Å². The van der Waals surface area contributed by atoms with Crippen molar-refractivity contribution in [2.75, 3.05) is 6.54 Å². The smallest absolute Gasteiger partial charge is 0.207 e. The molecule has 1 saturated heterocycles. The first-order valence-corrected chi connectivity index (χ1v) is 8.37.